The van der Waals surface area contributed by atoms with Crippen molar-refractivity contribution >= 4 is 11.8 Å². The van der Waals surface area contributed by atoms with E-state index < -0.39 is 23.4 Å². The highest BCUT2D eigenvalue weighted by molar-refractivity contribution is 6.09. The highest BCUT2D eigenvalue weighted by atomic mass is 19.1. The lowest BCUT2D eigenvalue weighted by Crippen LogP contribution is -2.45. The zero-order chi connectivity index (χ0) is 21.6. The van der Waals surface area contributed by atoms with E-state index in [0.717, 1.165) is 12.1 Å². The van der Waals surface area contributed by atoms with Gasteiger partial charge in [0.1, 0.15) is 17.5 Å². The quantitative estimate of drug-likeness (QED) is 0.830. The van der Waals surface area contributed by atoms with E-state index in [2.05, 4.69) is 4.90 Å². The van der Waals surface area contributed by atoms with E-state index in [-0.39, 0.29) is 29.1 Å². The van der Waals surface area contributed by atoms with Crippen molar-refractivity contribution in [2.75, 3.05) is 13.1 Å². The predicted octanol–water partition coefficient (Wildman–Crippen LogP) is 3.38. The van der Waals surface area contributed by atoms with Crippen molar-refractivity contribution in [2.24, 2.45) is 5.73 Å². The first-order valence-corrected chi connectivity index (χ1v) is 9.88. The average molecular weight is 417 g/mol. The van der Waals surface area contributed by atoms with Crippen LogP contribution in [-0.4, -0.2) is 40.7 Å². The Balaban J connectivity index is 1.48. The lowest BCUT2D eigenvalue weighted by Gasteiger charge is -2.38. The van der Waals surface area contributed by atoms with Gasteiger partial charge in [0.2, 0.25) is 5.91 Å². The fraction of sp³-hybridized carbons (Fsp3) is 0.364. The van der Waals surface area contributed by atoms with Gasteiger partial charge >= 0.3 is 0 Å². The van der Waals surface area contributed by atoms with Crippen LogP contribution in [0.25, 0.3) is 0 Å². The second-order valence-corrected chi connectivity index (χ2v) is 7.91. The smallest absolute Gasteiger partial charge is 0.255 e. The minimum atomic E-state index is -0.829. The molecule has 2 amide bonds. The molecule has 4 rings (SSSR count). The fourth-order valence-corrected chi connectivity index (χ4v) is 4.57. The van der Waals surface area contributed by atoms with E-state index in [1.54, 1.807) is 4.90 Å². The van der Waals surface area contributed by atoms with Crippen LogP contribution < -0.4 is 5.73 Å². The number of hydrogen-bond acceptors (Lipinski definition) is 3. The van der Waals surface area contributed by atoms with Crippen LogP contribution in [0.5, 0.6) is 0 Å². The molecule has 8 heteroatoms. The third-order valence-corrected chi connectivity index (χ3v) is 6.07. The van der Waals surface area contributed by atoms with E-state index in [9.17, 15) is 22.8 Å². The molecule has 0 radical (unpaired) electrons. The van der Waals surface area contributed by atoms with Crippen LogP contribution in [0.4, 0.5) is 13.2 Å². The summed E-state index contributed by atoms with van der Waals surface area (Å²) in [6.07, 6.45) is 1.31. The highest BCUT2D eigenvalue weighted by Crippen LogP contribution is 2.39. The number of primary amides is 1. The first-order valence-electron chi connectivity index (χ1n) is 9.88. The number of fused-ring (bicyclic) bond motifs is 1. The van der Waals surface area contributed by atoms with Crippen LogP contribution in [0.2, 0.25) is 0 Å². The summed E-state index contributed by atoms with van der Waals surface area (Å²) in [4.78, 5) is 28.6. The Labute approximate surface area is 172 Å². The lowest BCUT2D eigenvalue weighted by atomic mass is 9.99. The van der Waals surface area contributed by atoms with Crippen LogP contribution in [0.1, 0.15) is 57.7 Å². The molecule has 0 aromatic heterocycles. The first-order chi connectivity index (χ1) is 14.3. The fourth-order valence-electron chi connectivity index (χ4n) is 4.57. The Morgan fingerprint density at radius 3 is 2.43 bits per heavy atom. The number of carbonyl (C=O) groups is 2. The van der Waals surface area contributed by atoms with Crippen molar-refractivity contribution in [3.05, 3.63) is 70.0 Å². The molecule has 0 spiro atoms. The molecule has 1 saturated heterocycles. The number of benzene rings is 2. The molecule has 0 aliphatic carbocycles. The molecule has 1 fully saturated rings. The van der Waals surface area contributed by atoms with Gasteiger partial charge in [-0.1, -0.05) is 6.07 Å². The summed E-state index contributed by atoms with van der Waals surface area (Å²) in [6, 6.07) is 5.40. The van der Waals surface area contributed by atoms with Crippen molar-refractivity contribution in [2.45, 2.75) is 38.4 Å². The molecule has 158 valence electrons. The van der Waals surface area contributed by atoms with E-state index in [0.29, 0.717) is 43.6 Å². The molecule has 2 aromatic rings. The van der Waals surface area contributed by atoms with Crippen LogP contribution in [0.3, 0.4) is 0 Å². The molecule has 2 aromatic carbocycles. The minimum Gasteiger partial charge on any atom is -0.366 e. The largest absolute Gasteiger partial charge is 0.366 e. The molecular formula is C22H22F3N3O2. The van der Waals surface area contributed by atoms with Crippen LogP contribution >= 0.6 is 0 Å². The number of rotatable bonds is 4. The lowest BCUT2D eigenvalue weighted by molar-refractivity contribution is 0.0509. The summed E-state index contributed by atoms with van der Waals surface area (Å²) in [7, 11) is 0. The standard InChI is InChI=1S/C22H22F3N3O2/c1-12-17-8-15(24)9-18(21(26)29)20(17)22(30)28(12)16-4-6-27(7-5-16)11-13-2-3-14(23)10-19(13)25/h2-3,8-10,12,16H,4-7,11H2,1H3,(H2,26,29). The zero-order valence-electron chi connectivity index (χ0n) is 16.5. The molecule has 2 aliphatic heterocycles. The summed E-state index contributed by atoms with van der Waals surface area (Å²) in [6.45, 7) is 3.44. The van der Waals surface area contributed by atoms with E-state index in [1.807, 2.05) is 6.92 Å². The molecular weight excluding hydrogens is 395 g/mol. The molecule has 1 unspecified atom stereocenters. The van der Waals surface area contributed by atoms with E-state index in [4.69, 9.17) is 5.73 Å². The third kappa shape index (κ3) is 3.56. The number of piperidine rings is 1. The summed E-state index contributed by atoms with van der Waals surface area (Å²) >= 11 is 0. The summed E-state index contributed by atoms with van der Waals surface area (Å²) < 4.78 is 41.0. The maximum Gasteiger partial charge on any atom is 0.255 e. The van der Waals surface area contributed by atoms with Gasteiger partial charge in [0.25, 0.3) is 5.91 Å². The highest BCUT2D eigenvalue weighted by Gasteiger charge is 2.41. The van der Waals surface area contributed by atoms with Crippen molar-refractivity contribution in [3.63, 3.8) is 0 Å². The molecule has 30 heavy (non-hydrogen) atoms. The molecule has 2 aliphatic rings. The van der Waals surface area contributed by atoms with Gasteiger partial charge in [0.15, 0.2) is 0 Å². The normalized spacial score (nSPS) is 19.9. The molecule has 2 N–H and O–H groups in total. The van der Waals surface area contributed by atoms with Gasteiger partial charge < -0.3 is 10.6 Å². The molecule has 0 saturated carbocycles. The molecule has 0 bridgehead atoms. The summed E-state index contributed by atoms with van der Waals surface area (Å²) in [5.74, 6) is -2.92. The van der Waals surface area contributed by atoms with E-state index >= 15 is 0 Å². The predicted molar refractivity (Wildman–Crippen MR) is 104 cm³/mol. The van der Waals surface area contributed by atoms with E-state index in [1.165, 1.54) is 18.2 Å². The van der Waals surface area contributed by atoms with Gasteiger partial charge in [-0.25, -0.2) is 13.2 Å². The number of nitrogens with two attached hydrogens (primary N) is 1. The Kier molecular flexibility index (Phi) is 5.27. The van der Waals surface area contributed by atoms with Crippen molar-refractivity contribution in [1.29, 1.82) is 0 Å². The SMILES string of the molecule is CC1c2cc(F)cc(C(N)=O)c2C(=O)N1C1CCN(Cc2ccc(F)cc2F)CC1. The minimum absolute atomic E-state index is 0.0852. The number of halogens is 3. The molecule has 2 heterocycles. The Morgan fingerprint density at radius 1 is 1.10 bits per heavy atom. The van der Waals surface area contributed by atoms with Gasteiger partial charge in [-0.15, -0.1) is 0 Å². The Morgan fingerprint density at radius 2 is 1.80 bits per heavy atom. The van der Waals surface area contributed by atoms with Crippen LogP contribution in [-0.2, 0) is 6.54 Å². The maximum absolute atomic E-state index is 14.0. The number of amides is 2. The second-order valence-electron chi connectivity index (χ2n) is 7.91. The Bertz CT molecular complexity index is 1020. The van der Waals surface area contributed by atoms with Crippen molar-refractivity contribution in [3.8, 4) is 0 Å². The monoisotopic (exact) mass is 417 g/mol. The third-order valence-electron chi connectivity index (χ3n) is 6.07. The number of hydrogen-bond donors (Lipinski definition) is 1. The summed E-state index contributed by atoms with van der Waals surface area (Å²) in [5, 5.41) is 0. The van der Waals surface area contributed by atoms with Gasteiger partial charge in [-0.2, -0.15) is 0 Å². The summed E-state index contributed by atoms with van der Waals surface area (Å²) in [5.41, 5.74) is 6.36. The number of nitrogens with zero attached hydrogens (tertiary/aromatic N) is 2. The average Bonchev–Trinajstić information content (AvgIpc) is 2.94. The van der Waals surface area contributed by atoms with Crippen LogP contribution in [0, 0.1) is 17.5 Å². The second kappa shape index (κ2) is 7.75. The molecule has 1 atom stereocenters. The van der Waals surface area contributed by atoms with Gasteiger partial charge in [0.05, 0.1) is 17.2 Å². The number of likely N-dealkylation sites (tertiary alicyclic amines) is 1. The van der Waals surface area contributed by atoms with Gasteiger partial charge in [-0.3, -0.25) is 14.5 Å². The Hall–Kier alpha value is -2.87. The van der Waals surface area contributed by atoms with Crippen molar-refractivity contribution in [1.82, 2.24) is 9.80 Å². The maximum atomic E-state index is 14.0. The van der Waals surface area contributed by atoms with Gasteiger partial charge in [-0.05, 0) is 43.5 Å². The van der Waals surface area contributed by atoms with Crippen LogP contribution in [0.15, 0.2) is 30.3 Å². The number of carbonyl (C=O) groups excluding carboxylic acids is 2. The topological polar surface area (TPSA) is 66.6 Å². The van der Waals surface area contributed by atoms with Gasteiger partial charge in [0, 0.05) is 37.3 Å². The first kappa shape index (κ1) is 20.4. The van der Waals surface area contributed by atoms with Crippen molar-refractivity contribution < 1.29 is 22.8 Å². The molecule has 5 nitrogen and oxygen atoms in total. The zero-order valence-corrected chi connectivity index (χ0v) is 16.5.